The number of hydrogen-bond acceptors (Lipinski definition) is 2. The maximum absolute atomic E-state index is 11.0. The molecule has 1 fully saturated rings. The van der Waals surface area contributed by atoms with Crippen LogP contribution in [0.25, 0.3) is 0 Å². The van der Waals surface area contributed by atoms with Crippen molar-refractivity contribution in [3.8, 4) is 0 Å². The second-order valence-electron chi connectivity index (χ2n) is 3.19. The van der Waals surface area contributed by atoms with Crippen molar-refractivity contribution in [2.45, 2.75) is 38.8 Å². The number of amides is 1. The summed E-state index contributed by atoms with van der Waals surface area (Å²) in [7, 11) is 0. The van der Waals surface area contributed by atoms with E-state index < -0.39 is 0 Å². The van der Waals surface area contributed by atoms with E-state index in [1.807, 2.05) is 13.8 Å². The first kappa shape index (κ1) is 8.24. The summed E-state index contributed by atoms with van der Waals surface area (Å²) in [6.45, 7) is 3.86. The molecule has 62 valence electrons. The average Bonchev–Trinajstić information content (AvgIpc) is 2.71. The number of nitrogens with zero attached hydrogens (tertiary/aromatic N) is 1. The molecule has 0 heterocycles. The van der Waals surface area contributed by atoms with Gasteiger partial charge in [-0.15, -0.1) is 0 Å². The van der Waals surface area contributed by atoms with Crippen molar-refractivity contribution >= 4 is 12.2 Å². The lowest BCUT2D eigenvalue weighted by Gasteiger charge is -2.23. The van der Waals surface area contributed by atoms with Crippen LogP contribution < -0.4 is 0 Å². The van der Waals surface area contributed by atoms with Gasteiger partial charge < -0.3 is 4.90 Å². The van der Waals surface area contributed by atoms with Crippen LogP contribution in [-0.2, 0) is 9.59 Å². The smallest absolute Gasteiger partial charge is 0.287 e. The summed E-state index contributed by atoms with van der Waals surface area (Å²) >= 11 is 0. The van der Waals surface area contributed by atoms with E-state index in [1.54, 1.807) is 4.90 Å². The molecule has 3 heteroatoms. The Morgan fingerprint density at radius 1 is 1.55 bits per heavy atom. The van der Waals surface area contributed by atoms with Crippen molar-refractivity contribution < 1.29 is 9.59 Å². The Morgan fingerprint density at radius 2 is 2.09 bits per heavy atom. The zero-order valence-corrected chi connectivity index (χ0v) is 6.91. The molecule has 0 atom stereocenters. The molecule has 0 aliphatic heterocycles. The molecule has 1 amide bonds. The van der Waals surface area contributed by atoms with Gasteiger partial charge in [-0.2, -0.15) is 0 Å². The second kappa shape index (κ2) is 3.03. The van der Waals surface area contributed by atoms with E-state index in [0.29, 0.717) is 12.3 Å². The van der Waals surface area contributed by atoms with Crippen molar-refractivity contribution in [2.24, 2.45) is 0 Å². The minimum atomic E-state index is -0.373. The number of hydrogen-bond donors (Lipinski definition) is 0. The highest BCUT2D eigenvalue weighted by molar-refractivity contribution is 6.23. The number of aldehydes is 1. The zero-order valence-electron chi connectivity index (χ0n) is 6.91. The highest BCUT2D eigenvalue weighted by Crippen LogP contribution is 2.28. The Balaban J connectivity index is 2.57. The van der Waals surface area contributed by atoms with Crippen molar-refractivity contribution in [1.29, 1.82) is 0 Å². The van der Waals surface area contributed by atoms with Crippen LogP contribution in [-0.4, -0.2) is 29.2 Å². The van der Waals surface area contributed by atoms with E-state index in [9.17, 15) is 9.59 Å². The third-order valence-corrected chi connectivity index (χ3v) is 1.85. The van der Waals surface area contributed by atoms with Gasteiger partial charge in [-0.3, -0.25) is 9.59 Å². The average molecular weight is 155 g/mol. The van der Waals surface area contributed by atoms with Crippen LogP contribution in [0.4, 0.5) is 0 Å². The molecule has 0 N–H and O–H groups in total. The van der Waals surface area contributed by atoms with Crippen LogP contribution in [0.5, 0.6) is 0 Å². The molecule has 0 radical (unpaired) electrons. The van der Waals surface area contributed by atoms with E-state index in [1.165, 1.54) is 0 Å². The first-order chi connectivity index (χ1) is 5.16. The van der Waals surface area contributed by atoms with Crippen LogP contribution in [0.1, 0.15) is 26.7 Å². The third-order valence-electron chi connectivity index (χ3n) is 1.85. The van der Waals surface area contributed by atoms with E-state index >= 15 is 0 Å². The molecule has 0 unspecified atom stereocenters. The highest BCUT2D eigenvalue weighted by Gasteiger charge is 2.33. The van der Waals surface area contributed by atoms with Crippen molar-refractivity contribution in [2.75, 3.05) is 0 Å². The number of rotatable bonds is 3. The van der Waals surface area contributed by atoms with E-state index in [2.05, 4.69) is 0 Å². The normalized spacial score (nSPS) is 16.6. The molecule has 0 aromatic carbocycles. The lowest BCUT2D eigenvalue weighted by molar-refractivity contribution is -0.140. The Labute approximate surface area is 66.4 Å². The molecular formula is C8H13NO2. The molecular weight excluding hydrogens is 142 g/mol. The van der Waals surface area contributed by atoms with Crippen LogP contribution in [0.15, 0.2) is 0 Å². The standard InChI is InChI=1S/C8H13NO2/c1-6(2)9(7-3-4-7)8(11)5-10/h5-7H,3-4H2,1-2H3. The van der Waals surface area contributed by atoms with Gasteiger partial charge in [0.25, 0.3) is 5.91 Å². The molecule has 1 aliphatic carbocycles. The Bertz CT molecular complexity index is 171. The summed E-state index contributed by atoms with van der Waals surface area (Å²) in [5.74, 6) is -0.373. The molecule has 0 aromatic rings. The van der Waals surface area contributed by atoms with Gasteiger partial charge in [0.15, 0.2) is 0 Å². The molecule has 11 heavy (non-hydrogen) atoms. The topological polar surface area (TPSA) is 37.4 Å². The summed E-state index contributed by atoms with van der Waals surface area (Å²) in [4.78, 5) is 22.8. The molecule has 1 aliphatic rings. The quantitative estimate of drug-likeness (QED) is 0.441. The van der Waals surface area contributed by atoms with E-state index in [-0.39, 0.29) is 11.9 Å². The first-order valence-electron chi connectivity index (χ1n) is 3.94. The SMILES string of the molecule is CC(C)N(C(=O)C=O)C1CC1. The molecule has 3 nitrogen and oxygen atoms in total. The lowest BCUT2D eigenvalue weighted by atomic mass is 10.3. The van der Waals surface area contributed by atoms with Crippen LogP contribution in [0.3, 0.4) is 0 Å². The second-order valence-corrected chi connectivity index (χ2v) is 3.19. The van der Waals surface area contributed by atoms with E-state index in [4.69, 9.17) is 0 Å². The lowest BCUT2D eigenvalue weighted by Crippen LogP contribution is -2.39. The third kappa shape index (κ3) is 1.79. The highest BCUT2D eigenvalue weighted by atomic mass is 16.2. The predicted molar refractivity (Wildman–Crippen MR) is 41.1 cm³/mol. The largest absolute Gasteiger partial charge is 0.331 e. The minimum absolute atomic E-state index is 0.153. The Hall–Kier alpha value is -0.860. The zero-order chi connectivity index (χ0) is 8.43. The number of carbonyl (C=O) groups is 2. The van der Waals surface area contributed by atoms with Crippen LogP contribution in [0, 0.1) is 0 Å². The fraction of sp³-hybridized carbons (Fsp3) is 0.750. The summed E-state index contributed by atoms with van der Waals surface area (Å²) in [5.41, 5.74) is 0. The van der Waals surface area contributed by atoms with Gasteiger partial charge >= 0.3 is 0 Å². The van der Waals surface area contributed by atoms with Gasteiger partial charge in [-0.25, -0.2) is 0 Å². The molecule has 0 spiro atoms. The van der Waals surface area contributed by atoms with Gasteiger partial charge in [-0.1, -0.05) is 0 Å². The van der Waals surface area contributed by atoms with Crippen molar-refractivity contribution in [3.63, 3.8) is 0 Å². The molecule has 0 saturated heterocycles. The summed E-state index contributed by atoms with van der Waals surface area (Å²) in [6, 6.07) is 0.493. The fourth-order valence-corrected chi connectivity index (χ4v) is 1.27. The maximum atomic E-state index is 11.0. The van der Waals surface area contributed by atoms with Crippen LogP contribution in [0.2, 0.25) is 0 Å². The summed E-state index contributed by atoms with van der Waals surface area (Å²) in [5, 5.41) is 0. The van der Waals surface area contributed by atoms with E-state index in [0.717, 1.165) is 12.8 Å². The van der Waals surface area contributed by atoms with Gasteiger partial charge in [0.05, 0.1) is 0 Å². The summed E-state index contributed by atoms with van der Waals surface area (Å²) in [6.07, 6.45) is 2.51. The molecule has 1 rings (SSSR count). The Morgan fingerprint density at radius 3 is 2.36 bits per heavy atom. The molecule has 0 aromatic heterocycles. The predicted octanol–water partition coefficient (Wildman–Crippen LogP) is 0.585. The van der Waals surface area contributed by atoms with Gasteiger partial charge in [0.2, 0.25) is 6.29 Å². The van der Waals surface area contributed by atoms with Gasteiger partial charge in [0, 0.05) is 12.1 Å². The maximum Gasteiger partial charge on any atom is 0.287 e. The number of carbonyl (C=O) groups excluding carboxylic acids is 2. The van der Waals surface area contributed by atoms with Crippen molar-refractivity contribution in [1.82, 2.24) is 4.90 Å². The van der Waals surface area contributed by atoms with Gasteiger partial charge in [-0.05, 0) is 26.7 Å². The fourth-order valence-electron chi connectivity index (χ4n) is 1.27. The molecule has 0 bridgehead atoms. The molecule has 1 saturated carbocycles. The minimum Gasteiger partial charge on any atom is -0.331 e. The van der Waals surface area contributed by atoms with Gasteiger partial charge in [0.1, 0.15) is 0 Å². The van der Waals surface area contributed by atoms with Crippen molar-refractivity contribution in [3.05, 3.63) is 0 Å². The first-order valence-corrected chi connectivity index (χ1v) is 3.94. The van der Waals surface area contributed by atoms with Crippen LogP contribution >= 0.6 is 0 Å². The monoisotopic (exact) mass is 155 g/mol. The summed E-state index contributed by atoms with van der Waals surface area (Å²) < 4.78 is 0. The Kier molecular flexibility index (Phi) is 2.27.